The van der Waals surface area contributed by atoms with Gasteiger partial charge in [0, 0.05) is 6.54 Å². The number of likely N-dealkylation sites (tertiary alicyclic amines) is 1. The van der Waals surface area contributed by atoms with E-state index in [4.69, 9.17) is 9.47 Å². The van der Waals surface area contributed by atoms with Crippen LogP contribution in [0.15, 0.2) is 36.5 Å². The van der Waals surface area contributed by atoms with Gasteiger partial charge in [-0.2, -0.15) is 5.10 Å². The van der Waals surface area contributed by atoms with Crippen molar-refractivity contribution in [2.45, 2.75) is 69.6 Å². The van der Waals surface area contributed by atoms with E-state index in [9.17, 15) is 9.90 Å². The Bertz CT molecular complexity index is 802. The molecule has 1 atom stereocenters. The normalized spacial score (nSPS) is 24.6. The van der Waals surface area contributed by atoms with E-state index < -0.39 is 6.09 Å². The van der Waals surface area contributed by atoms with Crippen molar-refractivity contribution < 1.29 is 19.4 Å². The van der Waals surface area contributed by atoms with Crippen molar-refractivity contribution in [1.29, 1.82) is 0 Å². The van der Waals surface area contributed by atoms with Gasteiger partial charge in [0.1, 0.15) is 0 Å². The molecule has 7 heteroatoms. The average Bonchev–Trinajstić information content (AvgIpc) is 3.26. The predicted molar refractivity (Wildman–Crippen MR) is 112 cm³/mol. The Hall–Kier alpha value is -2.38. The first-order valence-electron chi connectivity index (χ1n) is 11.0. The van der Waals surface area contributed by atoms with Gasteiger partial charge >= 0.3 is 6.09 Å². The molecule has 0 bridgehead atoms. The highest BCUT2D eigenvalue weighted by molar-refractivity contribution is 5.71. The van der Waals surface area contributed by atoms with Gasteiger partial charge in [-0.05, 0) is 56.4 Å². The van der Waals surface area contributed by atoms with Crippen LogP contribution in [0, 0.1) is 0 Å². The second-order valence-corrected chi connectivity index (χ2v) is 8.31. The summed E-state index contributed by atoms with van der Waals surface area (Å²) in [6, 6.07) is 10.8. The molecule has 1 aliphatic carbocycles. The van der Waals surface area contributed by atoms with Crippen molar-refractivity contribution in [3.05, 3.63) is 47.7 Å². The molecule has 0 spiro atoms. The summed E-state index contributed by atoms with van der Waals surface area (Å²) in [6.07, 6.45) is 8.70. The third kappa shape index (κ3) is 5.02. The van der Waals surface area contributed by atoms with Crippen molar-refractivity contribution in [2.24, 2.45) is 0 Å². The topological polar surface area (TPSA) is 87.7 Å². The number of amides is 1. The van der Waals surface area contributed by atoms with Crippen LogP contribution in [-0.4, -0.2) is 51.6 Å². The third-order valence-corrected chi connectivity index (χ3v) is 6.37. The van der Waals surface area contributed by atoms with Gasteiger partial charge in [-0.3, -0.25) is 0 Å². The number of aliphatic hydroxyl groups excluding tert-OH is 1. The van der Waals surface area contributed by atoms with Crippen LogP contribution >= 0.6 is 0 Å². The Morgan fingerprint density at radius 1 is 1.13 bits per heavy atom. The lowest BCUT2D eigenvalue weighted by molar-refractivity contribution is -0.0155. The fraction of sp³-hybridized carbons (Fsp3) is 0.565. The van der Waals surface area contributed by atoms with E-state index in [1.165, 1.54) is 11.8 Å². The lowest BCUT2D eigenvalue weighted by Gasteiger charge is -2.36. The van der Waals surface area contributed by atoms with Crippen LogP contribution in [0.4, 0.5) is 4.79 Å². The molecule has 4 rings (SSSR count). The summed E-state index contributed by atoms with van der Waals surface area (Å²) < 4.78 is 11.7. The highest BCUT2D eigenvalue weighted by Crippen LogP contribution is 2.34. The molecule has 1 saturated heterocycles. The van der Waals surface area contributed by atoms with Crippen LogP contribution < -0.4 is 4.74 Å². The molecule has 2 heterocycles. The lowest BCUT2D eigenvalue weighted by Crippen LogP contribution is -2.48. The van der Waals surface area contributed by atoms with E-state index in [-0.39, 0.29) is 24.6 Å². The predicted octanol–water partition coefficient (Wildman–Crippen LogP) is 4.00. The van der Waals surface area contributed by atoms with E-state index in [1.807, 2.05) is 0 Å². The number of aliphatic hydroxyl groups is 1. The average molecular weight is 414 g/mol. The summed E-state index contributed by atoms with van der Waals surface area (Å²) in [7, 11) is 0. The Kier molecular flexibility index (Phi) is 7.02. The summed E-state index contributed by atoms with van der Waals surface area (Å²) in [5.74, 6) is 0.842. The number of carbonyl (C=O) groups excluding carboxylic acids is 1. The number of H-pyrrole nitrogens is 1. The summed E-state index contributed by atoms with van der Waals surface area (Å²) in [5, 5.41) is 15.8. The molecular formula is C23H31N3O4. The molecule has 2 aliphatic rings. The Labute approximate surface area is 177 Å². The number of aromatic amines is 1. The molecule has 7 nitrogen and oxygen atoms in total. The molecule has 30 heavy (non-hydrogen) atoms. The quantitative estimate of drug-likeness (QED) is 0.747. The van der Waals surface area contributed by atoms with E-state index in [0.29, 0.717) is 24.6 Å². The zero-order valence-electron chi connectivity index (χ0n) is 17.3. The van der Waals surface area contributed by atoms with Crippen molar-refractivity contribution in [2.75, 3.05) is 13.2 Å². The number of nitrogens with zero attached hydrogens (tertiary/aromatic N) is 2. The van der Waals surface area contributed by atoms with E-state index >= 15 is 0 Å². The summed E-state index contributed by atoms with van der Waals surface area (Å²) in [6.45, 7) is 0.985. The van der Waals surface area contributed by atoms with Crippen LogP contribution in [0.2, 0.25) is 0 Å². The number of piperidine rings is 1. The minimum atomic E-state index is -0.407. The first-order valence-corrected chi connectivity index (χ1v) is 11.0. The molecule has 1 aliphatic heterocycles. The van der Waals surface area contributed by atoms with Gasteiger partial charge in [-0.15, -0.1) is 0 Å². The largest absolute Gasteiger partial charge is 0.416 e. The van der Waals surface area contributed by atoms with Crippen LogP contribution in [0.1, 0.15) is 62.0 Å². The third-order valence-electron chi connectivity index (χ3n) is 6.37. The number of benzene rings is 1. The van der Waals surface area contributed by atoms with Gasteiger partial charge in [-0.25, -0.2) is 9.89 Å². The van der Waals surface area contributed by atoms with Crippen molar-refractivity contribution in [3.8, 4) is 5.88 Å². The summed E-state index contributed by atoms with van der Waals surface area (Å²) in [4.78, 5) is 14.5. The Morgan fingerprint density at radius 2 is 1.93 bits per heavy atom. The first-order chi connectivity index (χ1) is 14.7. The molecule has 1 saturated carbocycles. The second-order valence-electron chi connectivity index (χ2n) is 8.31. The number of ether oxygens (including phenoxy) is 2. The van der Waals surface area contributed by atoms with Crippen LogP contribution in [0.5, 0.6) is 5.88 Å². The molecule has 1 aromatic heterocycles. The van der Waals surface area contributed by atoms with Crippen molar-refractivity contribution in [1.82, 2.24) is 15.1 Å². The number of hydrogen-bond acceptors (Lipinski definition) is 5. The van der Waals surface area contributed by atoms with Crippen LogP contribution in [0.25, 0.3) is 0 Å². The van der Waals surface area contributed by atoms with Gasteiger partial charge in [0.2, 0.25) is 5.88 Å². The van der Waals surface area contributed by atoms with Crippen molar-refractivity contribution >= 4 is 6.09 Å². The van der Waals surface area contributed by atoms with Crippen molar-refractivity contribution in [3.63, 3.8) is 0 Å². The van der Waals surface area contributed by atoms with Crippen LogP contribution in [0.3, 0.4) is 0 Å². The maximum atomic E-state index is 12.7. The number of carbonyl (C=O) groups is 1. The molecule has 1 unspecified atom stereocenters. The van der Waals surface area contributed by atoms with Crippen LogP contribution in [-0.2, 0) is 11.3 Å². The van der Waals surface area contributed by atoms with Gasteiger partial charge in [-0.1, -0.05) is 30.3 Å². The number of hydrogen-bond donors (Lipinski definition) is 2. The Morgan fingerprint density at radius 3 is 2.70 bits per heavy atom. The zero-order valence-corrected chi connectivity index (χ0v) is 17.3. The molecule has 2 N–H and O–H groups in total. The van der Waals surface area contributed by atoms with E-state index in [0.717, 1.165) is 44.9 Å². The van der Waals surface area contributed by atoms with Gasteiger partial charge in [0.05, 0.1) is 37.1 Å². The molecule has 1 aromatic carbocycles. The molecular weight excluding hydrogens is 382 g/mol. The molecule has 2 fully saturated rings. The highest BCUT2D eigenvalue weighted by Gasteiger charge is 2.31. The SMILES string of the molecule is O=C(Oc1[nH]ncc1CO)N1CCCCC1COC1CCC(c2ccccc2)CC1. The summed E-state index contributed by atoms with van der Waals surface area (Å²) in [5.41, 5.74) is 1.90. The fourth-order valence-corrected chi connectivity index (χ4v) is 4.60. The molecule has 2 aromatic rings. The lowest BCUT2D eigenvalue weighted by atomic mass is 9.83. The fourth-order valence-electron chi connectivity index (χ4n) is 4.60. The summed E-state index contributed by atoms with van der Waals surface area (Å²) >= 11 is 0. The minimum absolute atomic E-state index is 0.0265. The number of rotatable bonds is 6. The molecule has 162 valence electrons. The zero-order chi connectivity index (χ0) is 20.8. The molecule has 1 amide bonds. The monoisotopic (exact) mass is 413 g/mol. The van der Waals surface area contributed by atoms with Gasteiger partial charge < -0.3 is 19.5 Å². The number of nitrogens with one attached hydrogen (secondary N) is 1. The second kappa shape index (κ2) is 10.1. The van der Waals surface area contributed by atoms with Gasteiger partial charge in [0.15, 0.2) is 0 Å². The minimum Gasteiger partial charge on any atom is -0.391 e. The smallest absolute Gasteiger partial charge is 0.391 e. The molecule has 0 radical (unpaired) electrons. The first kappa shape index (κ1) is 20.9. The van der Waals surface area contributed by atoms with E-state index in [2.05, 4.69) is 40.5 Å². The maximum Gasteiger partial charge on any atom is 0.416 e. The van der Waals surface area contributed by atoms with Gasteiger partial charge in [0.25, 0.3) is 0 Å². The standard InChI is InChI=1S/C23H31N3O4/c27-15-19-14-24-25-22(19)30-23(28)26-13-5-4-8-20(26)16-29-21-11-9-18(10-12-21)17-6-2-1-3-7-17/h1-3,6-7,14,18,20-21,27H,4-5,8-13,15-16H2,(H,24,25). The number of aromatic nitrogens is 2. The van der Waals surface area contributed by atoms with E-state index in [1.54, 1.807) is 4.90 Å². The maximum absolute atomic E-state index is 12.7. The Balaban J connectivity index is 1.27. The highest BCUT2D eigenvalue weighted by atomic mass is 16.6.